The highest BCUT2D eigenvalue weighted by molar-refractivity contribution is 5.79. The summed E-state index contributed by atoms with van der Waals surface area (Å²) in [6.07, 6.45) is 5.70. The Morgan fingerprint density at radius 3 is 2.46 bits per heavy atom. The van der Waals surface area contributed by atoms with Gasteiger partial charge in [0.1, 0.15) is 0 Å². The molecule has 0 radical (unpaired) electrons. The maximum Gasteiger partial charge on any atom is 0.225 e. The van der Waals surface area contributed by atoms with Crippen molar-refractivity contribution in [1.82, 2.24) is 25.5 Å². The Morgan fingerprint density at radius 1 is 1.12 bits per heavy atom. The van der Waals surface area contributed by atoms with Gasteiger partial charge in [0.05, 0.1) is 0 Å². The van der Waals surface area contributed by atoms with Gasteiger partial charge < -0.3 is 20.3 Å². The van der Waals surface area contributed by atoms with Crippen LogP contribution in [0.5, 0.6) is 0 Å². The van der Waals surface area contributed by atoms with E-state index in [1.54, 1.807) is 12.4 Å². The van der Waals surface area contributed by atoms with Crippen LogP contribution in [0, 0.1) is 0 Å². The molecule has 1 aromatic heterocycles. The van der Waals surface area contributed by atoms with E-state index in [1.165, 1.54) is 0 Å². The number of nitrogens with zero attached hydrogens (tertiary/aromatic N) is 5. The average Bonchev–Trinajstić information content (AvgIpc) is 2.70. The molecule has 2 N–H and O–H groups in total. The highest BCUT2D eigenvalue weighted by atomic mass is 16.5. The molecule has 1 aliphatic heterocycles. The minimum absolute atomic E-state index is 0.777. The maximum absolute atomic E-state index is 5.33. The molecule has 8 heteroatoms. The molecule has 0 atom stereocenters. The van der Waals surface area contributed by atoms with Gasteiger partial charge in [0.25, 0.3) is 0 Å². The minimum Gasteiger partial charge on any atom is -0.382 e. The number of piperazine rings is 1. The predicted octanol–water partition coefficient (Wildman–Crippen LogP) is 0.580. The van der Waals surface area contributed by atoms with Crippen LogP contribution in [-0.4, -0.2) is 86.9 Å². The van der Waals surface area contributed by atoms with Gasteiger partial charge in [-0.15, -0.1) is 0 Å². The van der Waals surface area contributed by atoms with Crippen molar-refractivity contribution in [3.8, 4) is 0 Å². The van der Waals surface area contributed by atoms with E-state index in [2.05, 4.69) is 35.4 Å². The molecule has 0 spiro atoms. The number of aromatic nitrogens is 2. The van der Waals surface area contributed by atoms with Crippen LogP contribution in [0.3, 0.4) is 0 Å². The lowest BCUT2D eigenvalue weighted by Crippen LogP contribution is -2.47. The van der Waals surface area contributed by atoms with Crippen LogP contribution in [-0.2, 0) is 4.74 Å². The number of aliphatic imine (C=N–C) groups is 1. The van der Waals surface area contributed by atoms with E-state index in [0.717, 1.165) is 83.8 Å². The Bertz CT molecular complexity index is 504. The van der Waals surface area contributed by atoms with Crippen molar-refractivity contribution in [2.45, 2.75) is 19.8 Å². The summed E-state index contributed by atoms with van der Waals surface area (Å²) in [6.45, 7) is 10.6. The fourth-order valence-electron chi connectivity index (χ4n) is 2.88. The summed E-state index contributed by atoms with van der Waals surface area (Å²) in [4.78, 5) is 17.7. The number of hydrogen-bond donors (Lipinski definition) is 2. The second-order valence-electron chi connectivity index (χ2n) is 6.21. The molecule has 0 unspecified atom stereocenters. The van der Waals surface area contributed by atoms with Crippen LogP contribution in [0.1, 0.15) is 19.8 Å². The summed E-state index contributed by atoms with van der Waals surface area (Å²) in [7, 11) is 1.81. The van der Waals surface area contributed by atoms with E-state index in [0.29, 0.717) is 0 Å². The summed E-state index contributed by atoms with van der Waals surface area (Å²) in [5.41, 5.74) is 0. The molecular formula is C18H33N7O. The molecule has 0 amide bonds. The van der Waals surface area contributed by atoms with Gasteiger partial charge in [-0.05, 0) is 32.4 Å². The summed E-state index contributed by atoms with van der Waals surface area (Å²) >= 11 is 0. The smallest absolute Gasteiger partial charge is 0.225 e. The standard InChI is InChI=1S/C18H33N7O/c1-3-26-16-6-10-21-17(19-2)20-9-5-11-24-12-14-25(15-13-24)18-22-7-4-8-23-18/h4,7-8H,3,5-6,9-16H2,1-2H3,(H2,19,20,21). The molecule has 1 saturated heterocycles. The Kier molecular flexibility index (Phi) is 9.74. The van der Waals surface area contributed by atoms with E-state index in [4.69, 9.17) is 4.74 Å². The first kappa shape index (κ1) is 20.4. The Morgan fingerprint density at radius 2 is 1.81 bits per heavy atom. The molecule has 8 nitrogen and oxygen atoms in total. The van der Waals surface area contributed by atoms with Gasteiger partial charge in [-0.1, -0.05) is 0 Å². The van der Waals surface area contributed by atoms with E-state index < -0.39 is 0 Å². The van der Waals surface area contributed by atoms with Crippen LogP contribution < -0.4 is 15.5 Å². The third-order valence-corrected chi connectivity index (χ3v) is 4.34. The first-order valence-electron chi connectivity index (χ1n) is 9.60. The number of anilines is 1. The Hall–Kier alpha value is -1.93. The third-order valence-electron chi connectivity index (χ3n) is 4.34. The molecule has 2 rings (SSSR count). The lowest BCUT2D eigenvalue weighted by molar-refractivity contribution is 0.145. The number of hydrogen-bond acceptors (Lipinski definition) is 6. The molecule has 0 aromatic carbocycles. The number of rotatable bonds is 10. The topological polar surface area (TPSA) is 77.9 Å². The van der Waals surface area contributed by atoms with Gasteiger partial charge >= 0.3 is 0 Å². The van der Waals surface area contributed by atoms with Crippen molar-refractivity contribution < 1.29 is 4.74 Å². The van der Waals surface area contributed by atoms with E-state index in [-0.39, 0.29) is 0 Å². The third kappa shape index (κ3) is 7.53. The molecule has 0 bridgehead atoms. The highest BCUT2D eigenvalue weighted by Gasteiger charge is 2.18. The molecule has 1 fully saturated rings. The second kappa shape index (κ2) is 12.4. The molecule has 146 valence electrons. The van der Waals surface area contributed by atoms with Crippen LogP contribution in [0.4, 0.5) is 5.95 Å². The minimum atomic E-state index is 0.777. The molecule has 1 aromatic rings. The monoisotopic (exact) mass is 363 g/mol. The molecule has 26 heavy (non-hydrogen) atoms. The predicted molar refractivity (Wildman–Crippen MR) is 106 cm³/mol. The van der Waals surface area contributed by atoms with Gasteiger partial charge in [0.2, 0.25) is 5.95 Å². The van der Waals surface area contributed by atoms with Gasteiger partial charge in [0.15, 0.2) is 5.96 Å². The highest BCUT2D eigenvalue weighted by Crippen LogP contribution is 2.09. The van der Waals surface area contributed by atoms with Crippen LogP contribution in [0.25, 0.3) is 0 Å². The van der Waals surface area contributed by atoms with Gasteiger partial charge in [-0.25, -0.2) is 9.97 Å². The van der Waals surface area contributed by atoms with Gasteiger partial charge in [0, 0.05) is 71.9 Å². The fourth-order valence-corrected chi connectivity index (χ4v) is 2.88. The fraction of sp³-hybridized carbons (Fsp3) is 0.722. The van der Waals surface area contributed by atoms with Gasteiger partial charge in [-0.3, -0.25) is 9.89 Å². The van der Waals surface area contributed by atoms with E-state index >= 15 is 0 Å². The van der Waals surface area contributed by atoms with Gasteiger partial charge in [-0.2, -0.15) is 0 Å². The zero-order valence-electron chi connectivity index (χ0n) is 16.2. The molecular weight excluding hydrogens is 330 g/mol. The van der Waals surface area contributed by atoms with Crippen molar-refractivity contribution in [1.29, 1.82) is 0 Å². The van der Waals surface area contributed by atoms with Crippen molar-refractivity contribution in [2.75, 3.05) is 71.0 Å². The number of guanidine groups is 1. The van der Waals surface area contributed by atoms with Crippen LogP contribution in [0.15, 0.2) is 23.5 Å². The number of ether oxygens (including phenoxy) is 1. The molecule has 1 aliphatic rings. The van der Waals surface area contributed by atoms with Crippen LogP contribution >= 0.6 is 0 Å². The zero-order valence-corrected chi connectivity index (χ0v) is 16.2. The second-order valence-corrected chi connectivity index (χ2v) is 6.21. The van der Waals surface area contributed by atoms with E-state index in [9.17, 15) is 0 Å². The SMILES string of the molecule is CCOCCCNC(=NC)NCCCN1CCN(c2ncccn2)CC1. The first-order chi connectivity index (χ1) is 12.8. The Balaban J connectivity index is 1.53. The number of nitrogens with one attached hydrogen (secondary N) is 2. The average molecular weight is 364 g/mol. The zero-order chi connectivity index (χ0) is 18.5. The largest absolute Gasteiger partial charge is 0.382 e. The summed E-state index contributed by atoms with van der Waals surface area (Å²) in [6, 6.07) is 1.86. The summed E-state index contributed by atoms with van der Waals surface area (Å²) in [5, 5.41) is 6.69. The maximum atomic E-state index is 5.33. The van der Waals surface area contributed by atoms with Crippen molar-refractivity contribution >= 4 is 11.9 Å². The Labute approximate surface area is 157 Å². The lowest BCUT2D eigenvalue weighted by atomic mass is 10.3. The molecule has 2 heterocycles. The van der Waals surface area contributed by atoms with Crippen LogP contribution in [0.2, 0.25) is 0 Å². The first-order valence-corrected chi connectivity index (χ1v) is 9.60. The van der Waals surface area contributed by atoms with Crippen molar-refractivity contribution in [2.24, 2.45) is 4.99 Å². The van der Waals surface area contributed by atoms with E-state index in [1.807, 2.05) is 20.0 Å². The van der Waals surface area contributed by atoms with Crippen molar-refractivity contribution in [3.05, 3.63) is 18.5 Å². The summed E-state index contributed by atoms with van der Waals surface area (Å²) < 4.78 is 5.33. The summed E-state index contributed by atoms with van der Waals surface area (Å²) in [5.74, 6) is 1.71. The molecule has 0 aliphatic carbocycles. The molecule has 0 saturated carbocycles. The van der Waals surface area contributed by atoms with Crippen molar-refractivity contribution in [3.63, 3.8) is 0 Å². The normalized spacial score (nSPS) is 15.9. The quantitative estimate of drug-likeness (QED) is 0.358. The lowest BCUT2D eigenvalue weighted by Gasteiger charge is -2.34.